The van der Waals surface area contributed by atoms with E-state index < -0.39 is 0 Å². The summed E-state index contributed by atoms with van der Waals surface area (Å²) in [4.78, 5) is 2.68. The zero-order valence-corrected chi connectivity index (χ0v) is 12.8. The van der Waals surface area contributed by atoms with Crippen LogP contribution < -0.4 is 5.73 Å². The Morgan fingerprint density at radius 1 is 1.22 bits per heavy atom. The second-order valence-corrected chi connectivity index (χ2v) is 6.47. The van der Waals surface area contributed by atoms with Crippen LogP contribution in [-0.2, 0) is 0 Å². The highest BCUT2D eigenvalue weighted by Gasteiger charge is 2.24. The molecule has 108 valence electrons. The smallest absolute Gasteiger partial charge is 0.00126 e. The van der Waals surface area contributed by atoms with Crippen LogP contribution in [0.2, 0.25) is 0 Å². The van der Waals surface area contributed by atoms with E-state index in [0.717, 1.165) is 24.3 Å². The lowest BCUT2D eigenvalue weighted by molar-refractivity contribution is 0.283. The molecular formula is C16H34N2. The maximum atomic E-state index is 5.69. The molecule has 2 unspecified atom stereocenters. The van der Waals surface area contributed by atoms with Crippen LogP contribution in [0, 0.1) is 17.8 Å². The van der Waals surface area contributed by atoms with Gasteiger partial charge in [-0.3, -0.25) is 0 Å². The minimum Gasteiger partial charge on any atom is -0.330 e. The molecule has 2 heteroatoms. The maximum Gasteiger partial charge on any atom is 0.00126 e. The van der Waals surface area contributed by atoms with Crippen LogP contribution in [0.25, 0.3) is 0 Å². The molecule has 1 aliphatic rings. The molecule has 0 aromatic rings. The van der Waals surface area contributed by atoms with E-state index in [-0.39, 0.29) is 0 Å². The number of hydrogen-bond donors (Lipinski definition) is 1. The molecule has 0 aromatic carbocycles. The van der Waals surface area contributed by atoms with Crippen LogP contribution >= 0.6 is 0 Å². The zero-order chi connectivity index (χ0) is 13.4. The molecule has 0 spiro atoms. The third kappa shape index (κ3) is 5.71. The lowest BCUT2D eigenvalue weighted by Gasteiger charge is -2.20. The minimum absolute atomic E-state index is 0.861. The van der Waals surface area contributed by atoms with Crippen molar-refractivity contribution in [3.05, 3.63) is 0 Å². The van der Waals surface area contributed by atoms with Crippen molar-refractivity contribution in [2.24, 2.45) is 23.5 Å². The molecule has 1 aliphatic heterocycles. The van der Waals surface area contributed by atoms with Gasteiger partial charge in [-0.15, -0.1) is 0 Å². The molecule has 0 radical (unpaired) electrons. The molecular weight excluding hydrogens is 220 g/mol. The molecule has 0 aromatic heterocycles. The fraction of sp³-hybridized carbons (Fsp3) is 1.00. The number of rotatable bonds is 9. The van der Waals surface area contributed by atoms with E-state index in [1.165, 1.54) is 58.2 Å². The number of hydrogen-bond acceptors (Lipinski definition) is 2. The summed E-state index contributed by atoms with van der Waals surface area (Å²) in [6.45, 7) is 11.9. The first-order valence-corrected chi connectivity index (χ1v) is 8.09. The Morgan fingerprint density at radius 3 is 2.56 bits per heavy atom. The van der Waals surface area contributed by atoms with E-state index in [1.54, 1.807) is 0 Å². The predicted octanol–water partition coefficient (Wildman–Crippen LogP) is 3.51. The second kappa shape index (κ2) is 8.92. The van der Waals surface area contributed by atoms with Gasteiger partial charge < -0.3 is 10.6 Å². The topological polar surface area (TPSA) is 29.3 Å². The first-order valence-electron chi connectivity index (χ1n) is 8.09. The van der Waals surface area contributed by atoms with Crippen molar-refractivity contribution in [1.82, 2.24) is 4.90 Å². The fourth-order valence-electron chi connectivity index (χ4n) is 3.29. The molecule has 1 rings (SSSR count). The molecule has 2 N–H and O–H groups in total. The lowest BCUT2D eigenvalue weighted by atomic mass is 9.94. The van der Waals surface area contributed by atoms with Gasteiger partial charge in [0.2, 0.25) is 0 Å². The van der Waals surface area contributed by atoms with Gasteiger partial charge in [0.05, 0.1) is 0 Å². The first-order chi connectivity index (χ1) is 8.67. The summed E-state index contributed by atoms with van der Waals surface area (Å²) in [6, 6.07) is 0. The highest BCUT2D eigenvalue weighted by molar-refractivity contribution is 4.77. The van der Waals surface area contributed by atoms with Gasteiger partial charge in [-0.1, -0.05) is 33.6 Å². The van der Waals surface area contributed by atoms with Crippen LogP contribution in [0.1, 0.15) is 59.3 Å². The summed E-state index contributed by atoms with van der Waals surface area (Å²) in [5, 5.41) is 0. The summed E-state index contributed by atoms with van der Waals surface area (Å²) < 4.78 is 0. The Labute approximate surface area is 114 Å². The fourth-order valence-corrected chi connectivity index (χ4v) is 3.29. The standard InChI is InChI=1S/C16H34N2/c1-4-6-15(8-10-17)7-5-11-18-12-9-16(13-18)14(2)3/h14-16H,4-13,17H2,1-3H3. The molecule has 1 heterocycles. The van der Waals surface area contributed by atoms with Gasteiger partial charge in [0, 0.05) is 6.54 Å². The van der Waals surface area contributed by atoms with Crippen molar-refractivity contribution in [1.29, 1.82) is 0 Å². The zero-order valence-electron chi connectivity index (χ0n) is 12.8. The summed E-state index contributed by atoms with van der Waals surface area (Å²) >= 11 is 0. The monoisotopic (exact) mass is 254 g/mol. The predicted molar refractivity (Wildman–Crippen MR) is 80.7 cm³/mol. The van der Waals surface area contributed by atoms with E-state index in [2.05, 4.69) is 25.7 Å². The van der Waals surface area contributed by atoms with E-state index in [4.69, 9.17) is 5.73 Å². The molecule has 2 atom stereocenters. The maximum absolute atomic E-state index is 5.69. The van der Waals surface area contributed by atoms with Crippen LogP contribution in [0.5, 0.6) is 0 Å². The average Bonchev–Trinajstić information content (AvgIpc) is 2.78. The molecule has 0 bridgehead atoms. The average molecular weight is 254 g/mol. The third-order valence-corrected chi connectivity index (χ3v) is 4.61. The summed E-state index contributed by atoms with van der Waals surface area (Å²) in [7, 11) is 0. The van der Waals surface area contributed by atoms with Gasteiger partial charge in [0.25, 0.3) is 0 Å². The lowest BCUT2D eigenvalue weighted by Crippen LogP contribution is -2.23. The summed E-state index contributed by atoms with van der Waals surface area (Å²) in [5.41, 5.74) is 5.69. The molecule has 18 heavy (non-hydrogen) atoms. The van der Waals surface area contributed by atoms with Crippen molar-refractivity contribution in [2.75, 3.05) is 26.2 Å². The van der Waals surface area contributed by atoms with E-state index in [1.807, 2.05) is 0 Å². The van der Waals surface area contributed by atoms with Gasteiger partial charge in [-0.2, -0.15) is 0 Å². The van der Waals surface area contributed by atoms with Crippen LogP contribution in [0.15, 0.2) is 0 Å². The van der Waals surface area contributed by atoms with Gasteiger partial charge in [0.15, 0.2) is 0 Å². The molecule has 1 fully saturated rings. The Bertz CT molecular complexity index is 197. The van der Waals surface area contributed by atoms with Crippen LogP contribution in [0.3, 0.4) is 0 Å². The minimum atomic E-state index is 0.861. The van der Waals surface area contributed by atoms with Crippen molar-refractivity contribution < 1.29 is 0 Å². The van der Waals surface area contributed by atoms with Gasteiger partial charge in [0.1, 0.15) is 0 Å². The van der Waals surface area contributed by atoms with E-state index in [9.17, 15) is 0 Å². The Morgan fingerprint density at radius 2 is 2.00 bits per heavy atom. The van der Waals surface area contributed by atoms with E-state index in [0.29, 0.717) is 0 Å². The normalized spacial score (nSPS) is 22.8. The Kier molecular flexibility index (Phi) is 7.92. The van der Waals surface area contributed by atoms with E-state index >= 15 is 0 Å². The number of likely N-dealkylation sites (tertiary alicyclic amines) is 1. The van der Waals surface area contributed by atoms with Gasteiger partial charge in [-0.25, -0.2) is 0 Å². The van der Waals surface area contributed by atoms with Crippen molar-refractivity contribution in [3.63, 3.8) is 0 Å². The van der Waals surface area contributed by atoms with Crippen molar-refractivity contribution in [3.8, 4) is 0 Å². The number of nitrogens with zero attached hydrogens (tertiary/aromatic N) is 1. The third-order valence-electron chi connectivity index (χ3n) is 4.61. The van der Waals surface area contributed by atoms with Gasteiger partial charge >= 0.3 is 0 Å². The van der Waals surface area contributed by atoms with Crippen LogP contribution in [0.4, 0.5) is 0 Å². The quantitative estimate of drug-likeness (QED) is 0.682. The molecule has 1 saturated heterocycles. The summed E-state index contributed by atoms with van der Waals surface area (Å²) in [6.07, 6.45) is 8.07. The van der Waals surface area contributed by atoms with Crippen molar-refractivity contribution >= 4 is 0 Å². The number of nitrogens with two attached hydrogens (primary N) is 1. The first kappa shape index (κ1) is 16.0. The Hall–Kier alpha value is -0.0800. The SMILES string of the molecule is CCCC(CCN)CCCN1CCC(C(C)C)C1. The highest BCUT2D eigenvalue weighted by Crippen LogP contribution is 2.24. The largest absolute Gasteiger partial charge is 0.330 e. The van der Waals surface area contributed by atoms with Gasteiger partial charge in [-0.05, 0) is 63.1 Å². The van der Waals surface area contributed by atoms with Crippen molar-refractivity contribution in [2.45, 2.75) is 59.3 Å². The highest BCUT2D eigenvalue weighted by atomic mass is 15.1. The molecule has 0 amide bonds. The van der Waals surface area contributed by atoms with Crippen LogP contribution in [-0.4, -0.2) is 31.1 Å². The molecule has 2 nitrogen and oxygen atoms in total. The molecule has 0 aliphatic carbocycles. The second-order valence-electron chi connectivity index (χ2n) is 6.47. The summed E-state index contributed by atoms with van der Waals surface area (Å²) in [5.74, 6) is 2.68. The Balaban J connectivity index is 2.13. The molecule has 0 saturated carbocycles.